The molecular formula is C15H14O5S. The van der Waals surface area contributed by atoms with Gasteiger partial charge in [0.15, 0.2) is 11.5 Å². The van der Waals surface area contributed by atoms with E-state index in [-0.39, 0.29) is 5.76 Å². The first-order chi connectivity index (χ1) is 10.2. The molecule has 0 radical (unpaired) electrons. The van der Waals surface area contributed by atoms with Crippen LogP contribution in [-0.2, 0) is 5.75 Å². The maximum atomic E-state index is 11.0. The van der Waals surface area contributed by atoms with Gasteiger partial charge in [0.25, 0.3) is 0 Å². The van der Waals surface area contributed by atoms with Crippen molar-refractivity contribution in [1.82, 2.24) is 0 Å². The summed E-state index contributed by atoms with van der Waals surface area (Å²) >= 11 is 1.53. The van der Waals surface area contributed by atoms with Gasteiger partial charge < -0.3 is 19.0 Å². The fourth-order valence-corrected chi connectivity index (χ4v) is 2.94. The molecule has 0 atom stereocenters. The molecule has 0 saturated carbocycles. The number of ether oxygens (including phenoxy) is 2. The molecule has 1 N–H and O–H groups in total. The van der Waals surface area contributed by atoms with E-state index in [1.807, 2.05) is 18.2 Å². The highest BCUT2D eigenvalue weighted by molar-refractivity contribution is 7.98. The molecule has 110 valence electrons. The molecule has 0 amide bonds. The lowest BCUT2D eigenvalue weighted by Gasteiger charge is -2.09. The van der Waals surface area contributed by atoms with Gasteiger partial charge in [0, 0.05) is 22.6 Å². The van der Waals surface area contributed by atoms with Crippen LogP contribution in [0, 0.1) is 0 Å². The van der Waals surface area contributed by atoms with Crippen molar-refractivity contribution in [3.8, 4) is 11.5 Å². The molecule has 2 heterocycles. The first-order valence-corrected chi connectivity index (χ1v) is 7.55. The molecule has 0 aliphatic carbocycles. The summed E-state index contributed by atoms with van der Waals surface area (Å²) in [5.74, 6) is 0.971. The lowest BCUT2D eigenvalue weighted by Crippen LogP contribution is -1.97. The van der Waals surface area contributed by atoms with E-state index in [0.717, 1.165) is 22.8 Å². The molecule has 1 aliphatic heterocycles. The number of fused-ring (bicyclic) bond motifs is 1. The summed E-state index contributed by atoms with van der Waals surface area (Å²) in [5, 5.41) is 9.00. The number of hydrogen-bond donors (Lipinski definition) is 1. The van der Waals surface area contributed by atoms with Gasteiger partial charge in [0.2, 0.25) is 5.76 Å². The third kappa shape index (κ3) is 3.16. The SMILES string of the molecule is O=C(O)c1occc1CSc1ccc2c(c1)OCCCO2. The number of benzene rings is 1. The molecule has 5 nitrogen and oxygen atoms in total. The van der Waals surface area contributed by atoms with E-state index in [2.05, 4.69) is 0 Å². The van der Waals surface area contributed by atoms with Crippen LogP contribution in [0.2, 0.25) is 0 Å². The van der Waals surface area contributed by atoms with Gasteiger partial charge in [-0.15, -0.1) is 11.8 Å². The van der Waals surface area contributed by atoms with Crippen molar-refractivity contribution in [2.75, 3.05) is 13.2 Å². The average Bonchev–Trinajstić information content (AvgIpc) is 2.83. The number of rotatable bonds is 4. The average molecular weight is 306 g/mol. The van der Waals surface area contributed by atoms with Crippen LogP contribution >= 0.6 is 11.8 Å². The summed E-state index contributed by atoms with van der Waals surface area (Å²) in [6.45, 7) is 1.31. The quantitative estimate of drug-likeness (QED) is 0.873. The minimum atomic E-state index is -1.05. The third-order valence-corrected chi connectivity index (χ3v) is 4.10. The van der Waals surface area contributed by atoms with Crippen molar-refractivity contribution in [3.63, 3.8) is 0 Å². The normalized spacial score (nSPS) is 13.7. The first kappa shape index (κ1) is 13.9. The van der Waals surface area contributed by atoms with Gasteiger partial charge in [-0.05, 0) is 24.3 Å². The van der Waals surface area contributed by atoms with E-state index in [9.17, 15) is 4.79 Å². The Morgan fingerprint density at radius 3 is 2.81 bits per heavy atom. The van der Waals surface area contributed by atoms with Crippen LogP contribution in [-0.4, -0.2) is 24.3 Å². The Balaban J connectivity index is 1.72. The zero-order valence-electron chi connectivity index (χ0n) is 11.2. The second kappa shape index (κ2) is 6.13. The van der Waals surface area contributed by atoms with Gasteiger partial charge in [-0.3, -0.25) is 0 Å². The van der Waals surface area contributed by atoms with Crippen LogP contribution in [0.15, 0.2) is 39.8 Å². The maximum absolute atomic E-state index is 11.0. The Hall–Kier alpha value is -2.08. The van der Waals surface area contributed by atoms with Crippen molar-refractivity contribution in [1.29, 1.82) is 0 Å². The van der Waals surface area contributed by atoms with Gasteiger partial charge >= 0.3 is 5.97 Å². The van der Waals surface area contributed by atoms with E-state index in [4.69, 9.17) is 19.0 Å². The van der Waals surface area contributed by atoms with Crippen molar-refractivity contribution < 1.29 is 23.8 Å². The lowest BCUT2D eigenvalue weighted by atomic mass is 10.3. The van der Waals surface area contributed by atoms with Crippen molar-refractivity contribution in [3.05, 3.63) is 41.9 Å². The van der Waals surface area contributed by atoms with Crippen LogP contribution in [0.25, 0.3) is 0 Å². The molecule has 21 heavy (non-hydrogen) atoms. The predicted molar refractivity (Wildman–Crippen MR) is 77.3 cm³/mol. The highest BCUT2D eigenvalue weighted by Gasteiger charge is 2.15. The molecule has 0 bridgehead atoms. The van der Waals surface area contributed by atoms with E-state index in [0.29, 0.717) is 24.5 Å². The first-order valence-electron chi connectivity index (χ1n) is 6.56. The molecule has 0 fully saturated rings. The molecule has 0 saturated heterocycles. The number of thioether (sulfide) groups is 1. The summed E-state index contributed by atoms with van der Waals surface area (Å²) in [5.41, 5.74) is 0.666. The van der Waals surface area contributed by atoms with Gasteiger partial charge in [-0.1, -0.05) is 0 Å². The number of aromatic carboxylic acids is 1. The van der Waals surface area contributed by atoms with Crippen molar-refractivity contribution in [2.45, 2.75) is 17.1 Å². The largest absolute Gasteiger partial charge is 0.490 e. The fourth-order valence-electron chi connectivity index (χ4n) is 2.03. The summed E-state index contributed by atoms with van der Waals surface area (Å²) in [6.07, 6.45) is 2.27. The Kier molecular flexibility index (Phi) is 4.06. The van der Waals surface area contributed by atoms with Crippen LogP contribution in [0.5, 0.6) is 11.5 Å². The fraction of sp³-hybridized carbons (Fsp3) is 0.267. The zero-order valence-corrected chi connectivity index (χ0v) is 12.0. The monoisotopic (exact) mass is 306 g/mol. The molecule has 6 heteroatoms. The van der Waals surface area contributed by atoms with Crippen LogP contribution in [0.3, 0.4) is 0 Å². The number of carboxylic acid groups (broad SMARTS) is 1. The number of carboxylic acids is 1. The topological polar surface area (TPSA) is 68.9 Å². The number of hydrogen-bond acceptors (Lipinski definition) is 5. The minimum absolute atomic E-state index is 0.00292. The van der Waals surface area contributed by atoms with Gasteiger partial charge in [0.1, 0.15) is 0 Å². The standard InChI is InChI=1S/C15H14O5S/c16-15(17)14-10(4-7-20-14)9-21-11-2-3-12-13(8-11)19-6-1-5-18-12/h2-4,7-8H,1,5-6,9H2,(H,16,17). The number of furan rings is 1. The summed E-state index contributed by atoms with van der Waals surface area (Å²) < 4.78 is 16.2. The van der Waals surface area contributed by atoms with Crippen molar-refractivity contribution in [2.24, 2.45) is 0 Å². The van der Waals surface area contributed by atoms with Crippen LogP contribution in [0.4, 0.5) is 0 Å². The molecular weight excluding hydrogens is 292 g/mol. The molecule has 1 aromatic carbocycles. The molecule has 0 unspecified atom stereocenters. The molecule has 0 spiro atoms. The summed E-state index contributed by atoms with van der Waals surface area (Å²) in [6, 6.07) is 7.43. The molecule has 1 aromatic heterocycles. The Morgan fingerprint density at radius 2 is 2.00 bits per heavy atom. The Labute approximate surface area is 125 Å². The molecule has 3 rings (SSSR count). The highest BCUT2D eigenvalue weighted by atomic mass is 32.2. The van der Waals surface area contributed by atoms with E-state index >= 15 is 0 Å². The molecule has 1 aliphatic rings. The lowest BCUT2D eigenvalue weighted by molar-refractivity contribution is 0.0661. The van der Waals surface area contributed by atoms with Gasteiger partial charge in [-0.2, -0.15) is 0 Å². The Morgan fingerprint density at radius 1 is 1.19 bits per heavy atom. The van der Waals surface area contributed by atoms with Crippen LogP contribution < -0.4 is 9.47 Å². The Bertz CT molecular complexity index is 649. The van der Waals surface area contributed by atoms with Crippen molar-refractivity contribution >= 4 is 17.7 Å². The highest BCUT2D eigenvalue weighted by Crippen LogP contribution is 2.35. The van der Waals surface area contributed by atoms with Gasteiger partial charge in [0.05, 0.1) is 19.5 Å². The van der Waals surface area contributed by atoms with Gasteiger partial charge in [-0.25, -0.2) is 4.79 Å². The van der Waals surface area contributed by atoms with E-state index in [1.54, 1.807) is 6.07 Å². The second-order valence-electron chi connectivity index (χ2n) is 4.53. The molecule has 2 aromatic rings. The van der Waals surface area contributed by atoms with E-state index < -0.39 is 5.97 Å². The minimum Gasteiger partial charge on any atom is -0.490 e. The van der Waals surface area contributed by atoms with E-state index in [1.165, 1.54) is 18.0 Å². The summed E-state index contributed by atoms with van der Waals surface area (Å²) in [7, 11) is 0. The number of carbonyl (C=O) groups is 1. The zero-order chi connectivity index (χ0) is 14.7. The summed E-state index contributed by atoms with van der Waals surface area (Å²) in [4.78, 5) is 12.0. The maximum Gasteiger partial charge on any atom is 0.372 e. The van der Waals surface area contributed by atoms with Crippen LogP contribution in [0.1, 0.15) is 22.5 Å². The smallest absolute Gasteiger partial charge is 0.372 e. The third-order valence-electron chi connectivity index (χ3n) is 3.05. The predicted octanol–water partition coefficient (Wildman–Crippen LogP) is 3.43. The second-order valence-corrected chi connectivity index (χ2v) is 5.58.